The first-order valence-electron chi connectivity index (χ1n) is 5.02. The minimum Gasteiger partial charge on any atom is -0.507 e. The molecule has 1 aromatic carbocycles. The minimum absolute atomic E-state index is 0.0796. The Kier molecular flexibility index (Phi) is 3.97. The highest BCUT2D eigenvalue weighted by Gasteiger charge is 2.09. The summed E-state index contributed by atoms with van der Waals surface area (Å²) in [5.74, 6) is -0.343. The Morgan fingerprint density at radius 1 is 1.53 bits per heavy atom. The van der Waals surface area contributed by atoms with Crippen LogP contribution in [0.2, 0.25) is 0 Å². The molecule has 4 heteroatoms. The molecule has 4 N–H and O–H groups in total. The zero-order valence-electron chi connectivity index (χ0n) is 8.79. The molecule has 0 fully saturated rings. The summed E-state index contributed by atoms with van der Waals surface area (Å²) in [6, 6.07) is 4.48. The largest absolute Gasteiger partial charge is 0.507 e. The topological polar surface area (TPSA) is 75.4 Å². The van der Waals surface area contributed by atoms with Gasteiger partial charge >= 0.3 is 0 Å². The lowest BCUT2D eigenvalue weighted by atomic mass is 10.1. The maximum atomic E-state index is 11.5. The van der Waals surface area contributed by atoms with Crippen molar-refractivity contribution in [1.82, 2.24) is 5.32 Å². The van der Waals surface area contributed by atoms with Crippen LogP contribution in [-0.2, 0) is 0 Å². The molecular formula is C11H16N2O2. The van der Waals surface area contributed by atoms with E-state index in [1.54, 1.807) is 6.07 Å². The van der Waals surface area contributed by atoms with E-state index in [9.17, 15) is 9.90 Å². The van der Waals surface area contributed by atoms with Gasteiger partial charge in [0.25, 0.3) is 5.91 Å². The molecule has 4 nitrogen and oxygen atoms in total. The molecule has 0 aliphatic heterocycles. The van der Waals surface area contributed by atoms with Gasteiger partial charge in [0.2, 0.25) is 0 Å². The van der Waals surface area contributed by atoms with Gasteiger partial charge in [-0.05, 0) is 18.6 Å². The monoisotopic (exact) mass is 208 g/mol. The van der Waals surface area contributed by atoms with Gasteiger partial charge in [0.1, 0.15) is 5.75 Å². The predicted molar refractivity (Wildman–Crippen MR) is 59.8 cm³/mol. The maximum absolute atomic E-state index is 11.5. The molecule has 0 saturated heterocycles. The molecule has 15 heavy (non-hydrogen) atoms. The summed E-state index contributed by atoms with van der Waals surface area (Å²) in [5, 5.41) is 12.2. The van der Waals surface area contributed by atoms with E-state index >= 15 is 0 Å². The molecule has 0 aliphatic rings. The van der Waals surface area contributed by atoms with E-state index in [1.807, 2.05) is 6.92 Å². The van der Waals surface area contributed by atoms with E-state index in [-0.39, 0.29) is 17.2 Å². The smallest absolute Gasteiger partial charge is 0.255 e. The van der Waals surface area contributed by atoms with Crippen LogP contribution in [0.25, 0.3) is 0 Å². The van der Waals surface area contributed by atoms with Crippen LogP contribution in [0.4, 0.5) is 5.69 Å². The van der Waals surface area contributed by atoms with E-state index in [1.165, 1.54) is 12.1 Å². The van der Waals surface area contributed by atoms with Crippen molar-refractivity contribution < 1.29 is 9.90 Å². The molecular weight excluding hydrogens is 192 g/mol. The van der Waals surface area contributed by atoms with E-state index in [0.29, 0.717) is 12.2 Å². The molecule has 0 unspecified atom stereocenters. The van der Waals surface area contributed by atoms with Crippen molar-refractivity contribution in [3.63, 3.8) is 0 Å². The van der Waals surface area contributed by atoms with E-state index in [2.05, 4.69) is 5.32 Å². The van der Waals surface area contributed by atoms with Gasteiger partial charge in [0, 0.05) is 18.3 Å². The third-order valence-electron chi connectivity index (χ3n) is 2.08. The molecule has 1 amide bonds. The third kappa shape index (κ3) is 3.16. The van der Waals surface area contributed by atoms with Crippen molar-refractivity contribution in [2.24, 2.45) is 0 Å². The number of benzene rings is 1. The molecule has 82 valence electrons. The fourth-order valence-electron chi connectivity index (χ4n) is 1.21. The van der Waals surface area contributed by atoms with Crippen LogP contribution in [0.1, 0.15) is 30.1 Å². The average Bonchev–Trinajstić information content (AvgIpc) is 2.17. The number of amides is 1. The summed E-state index contributed by atoms with van der Waals surface area (Å²) in [4.78, 5) is 11.5. The zero-order valence-corrected chi connectivity index (χ0v) is 8.79. The lowest BCUT2D eigenvalue weighted by molar-refractivity contribution is 0.0950. The lowest BCUT2D eigenvalue weighted by Crippen LogP contribution is -2.24. The number of carbonyl (C=O) groups is 1. The Bertz CT molecular complexity index is 350. The average molecular weight is 208 g/mol. The molecule has 0 aromatic heterocycles. The van der Waals surface area contributed by atoms with Crippen molar-refractivity contribution in [3.8, 4) is 5.75 Å². The number of phenolic OH excluding ortho intramolecular Hbond substituents is 1. The molecule has 1 aromatic rings. The van der Waals surface area contributed by atoms with Crippen molar-refractivity contribution in [2.75, 3.05) is 12.3 Å². The van der Waals surface area contributed by atoms with Gasteiger partial charge in [-0.25, -0.2) is 0 Å². The van der Waals surface area contributed by atoms with E-state index in [4.69, 9.17) is 5.73 Å². The van der Waals surface area contributed by atoms with Gasteiger partial charge in [-0.2, -0.15) is 0 Å². The van der Waals surface area contributed by atoms with Crippen molar-refractivity contribution >= 4 is 11.6 Å². The highest BCUT2D eigenvalue weighted by atomic mass is 16.3. The minimum atomic E-state index is -0.263. The molecule has 0 bridgehead atoms. The Balaban J connectivity index is 2.65. The molecule has 0 spiro atoms. The Labute approximate surface area is 89.1 Å². The van der Waals surface area contributed by atoms with Gasteiger partial charge < -0.3 is 16.2 Å². The van der Waals surface area contributed by atoms with Gasteiger partial charge in [-0.1, -0.05) is 13.3 Å². The number of unbranched alkanes of at least 4 members (excludes halogenated alkanes) is 1. The molecule has 0 atom stereocenters. The SMILES string of the molecule is CCCCNC(=O)c1ccc(N)cc1O. The second-order valence-corrected chi connectivity index (χ2v) is 3.39. The van der Waals surface area contributed by atoms with Crippen LogP contribution in [0.5, 0.6) is 5.75 Å². The van der Waals surface area contributed by atoms with Gasteiger partial charge in [-0.15, -0.1) is 0 Å². The number of nitrogen functional groups attached to an aromatic ring is 1. The number of aromatic hydroxyl groups is 1. The van der Waals surface area contributed by atoms with E-state index in [0.717, 1.165) is 12.8 Å². The van der Waals surface area contributed by atoms with Crippen molar-refractivity contribution in [3.05, 3.63) is 23.8 Å². The predicted octanol–water partition coefficient (Wildman–Crippen LogP) is 1.50. The van der Waals surface area contributed by atoms with Crippen LogP contribution in [0.15, 0.2) is 18.2 Å². The van der Waals surface area contributed by atoms with Crippen LogP contribution in [0.3, 0.4) is 0 Å². The first kappa shape index (κ1) is 11.4. The third-order valence-corrected chi connectivity index (χ3v) is 2.08. The Morgan fingerprint density at radius 2 is 2.27 bits per heavy atom. The van der Waals surface area contributed by atoms with Crippen LogP contribution >= 0.6 is 0 Å². The van der Waals surface area contributed by atoms with Crippen molar-refractivity contribution in [2.45, 2.75) is 19.8 Å². The molecule has 0 saturated carbocycles. The number of hydrogen-bond donors (Lipinski definition) is 3. The number of carbonyl (C=O) groups excluding carboxylic acids is 1. The van der Waals surface area contributed by atoms with Crippen LogP contribution in [-0.4, -0.2) is 17.6 Å². The lowest BCUT2D eigenvalue weighted by Gasteiger charge is -2.06. The van der Waals surface area contributed by atoms with Gasteiger partial charge in [-0.3, -0.25) is 4.79 Å². The van der Waals surface area contributed by atoms with Crippen LogP contribution < -0.4 is 11.1 Å². The van der Waals surface area contributed by atoms with E-state index < -0.39 is 0 Å². The van der Waals surface area contributed by atoms with Gasteiger partial charge in [0.05, 0.1) is 5.56 Å². The standard InChI is InChI=1S/C11H16N2O2/c1-2-3-6-13-11(15)9-5-4-8(12)7-10(9)14/h4-5,7,14H,2-3,6,12H2,1H3,(H,13,15). The highest BCUT2D eigenvalue weighted by molar-refractivity contribution is 5.97. The number of phenols is 1. The molecule has 0 heterocycles. The first-order valence-corrected chi connectivity index (χ1v) is 5.02. The quantitative estimate of drug-likeness (QED) is 0.518. The fraction of sp³-hybridized carbons (Fsp3) is 0.364. The number of nitrogens with one attached hydrogen (secondary N) is 1. The summed E-state index contributed by atoms with van der Waals surface area (Å²) in [6.07, 6.45) is 1.95. The van der Waals surface area contributed by atoms with Gasteiger partial charge in [0.15, 0.2) is 0 Å². The zero-order chi connectivity index (χ0) is 11.3. The summed E-state index contributed by atoms with van der Waals surface area (Å²) in [6.45, 7) is 2.67. The first-order chi connectivity index (χ1) is 7.15. The Morgan fingerprint density at radius 3 is 2.87 bits per heavy atom. The summed E-state index contributed by atoms with van der Waals surface area (Å²) in [5.41, 5.74) is 6.16. The van der Waals surface area contributed by atoms with Crippen molar-refractivity contribution in [1.29, 1.82) is 0 Å². The fourth-order valence-corrected chi connectivity index (χ4v) is 1.21. The number of hydrogen-bond acceptors (Lipinski definition) is 3. The normalized spacial score (nSPS) is 9.93. The second-order valence-electron chi connectivity index (χ2n) is 3.39. The summed E-state index contributed by atoms with van der Waals surface area (Å²) >= 11 is 0. The second kappa shape index (κ2) is 5.24. The maximum Gasteiger partial charge on any atom is 0.255 e. The number of nitrogens with two attached hydrogens (primary N) is 1. The molecule has 0 aliphatic carbocycles. The highest BCUT2D eigenvalue weighted by Crippen LogP contribution is 2.19. The molecule has 1 rings (SSSR count). The molecule has 0 radical (unpaired) electrons. The summed E-state index contributed by atoms with van der Waals surface area (Å²) < 4.78 is 0. The number of anilines is 1. The van der Waals surface area contributed by atoms with Crippen LogP contribution in [0, 0.1) is 0 Å². The number of rotatable bonds is 4. The summed E-state index contributed by atoms with van der Waals surface area (Å²) in [7, 11) is 0. The Hall–Kier alpha value is -1.71.